The maximum atomic E-state index is 10.9. The van der Waals surface area contributed by atoms with Crippen LogP contribution < -0.4 is 5.32 Å². The van der Waals surface area contributed by atoms with Crippen LogP contribution in [-0.4, -0.2) is 50.7 Å². The molecule has 17 heavy (non-hydrogen) atoms. The van der Waals surface area contributed by atoms with Crippen molar-refractivity contribution in [1.29, 1.82) is 0 Å². The maximum absolute atomic E-state index is 10.9. The molecule has 0 aromatic rings. The minimum Gasteiger partial charge on any atom is -0.372 e. The van der Waals surface area contributed by atoms with Crippen LogP contribution in [0, 0.1) is 0 Å². The van der Waals surface area contributed by atoms with Gasteiger partial charge < -0.3 is 15.0 Å². The SMILES string of the molecule is CNC(=O)COCCCCCN1CCCCC1. The second-order valence-electron chi connectivity index (χ2n) is 4.69. The molecule has 1 saturated heterocycles. The van der Waals surface area contributed by atoms with Gasteiger partial charge in [-0.1, -0.05) is 6.42 Å². The molecule has 1 N–H and O–H groups in total. The molecule has 4 heteroatoms. The van der Waals surface area contributed by atoms with Crippen molar-refractivity contribution in [1.82, 2.24) is 10.2 Å². The van der Waals surface area contributed by atoms with E-state index in [4.69, 9.17) is 4.74 Å². The Morgan fingerprint density at radius 1 is 1.18 bits per heavy atom. The fourth-order valence-electron chi connectivity index (χ4n) is 2.14. The lowest BCUT2D eigenvalue weighted by atomic mass is 10.1. The van der Waals surface area contributed by atoms with E-state index in [9.17, 15) is 4.79 Å². The highest BCUT2D eigenvalue weighted by atomic mass is 16.5. The molecule has 0 spiro atoms. The van der Waals surface area contributed by atoms with Gasteiger partial charge in [0.25, 0.3) is 0 Å². The number of unbranched alkanes of at least 4 members (excludes halogenated alkanes) is 2. The molecular weight excluding hydrogens is 216 g/mol. The van der Waals surface area contributed by atoms with Crippen LogP contribution in [0.15, 0.2) is 0 Å². The molecule has 1 fully saturated rings. The fraction of sp³-hybridized carbons (Fsp3) is 0.923. The number of hydrogen-bond acceptors (Lipinski definition) is 3. The first-order valence-corrected chi connectivity index (χ1v) is 6.83. The number of amides is 1. The monoisotopic (exact) mass is 242 g/mol. The molecule has 1 aliphatic heterocycles. The van der Waals surface area contributed by atoms with Gasteiger partial charge in [0.1, 0.15) is 6.61 Å². The van der Waals surface area contributed by atoms with Gasteiger partial charge in [0.15, 0.2) is 0 Å². The molecule has 1 amide bonds. The third-order valence-electron chi connectivity index (χ3n) is 3.22. The molecule has 0 aromatic carbocycles. The average molecular weight is 242 g/mol. The van der Waals surface area contributed by atoms with Crippen molar-refractivity contribution in [2.45, 2.75) is 38.5 Å². The number of likely N-dealkylation sites (tertiary alicyclic amines) is 1. The quantitative estimate of drug-likeness (QED) is 0.654. The predicted molar refractivity (Wildman–Crippen MR) is 69.0 cm³/mol. The molecule has 0 aromatic heterocycles. The summed E-state index contributed by atoms with van der Waals surface area (Å²) in [5.74, 6) is -0.0432. The molecule has 0 atom stereocenters. The summed E-state index contributed by atoms with van der Waals surface area (Å²) in [4.78, 5) is 13.4. The summed E-state index contributed by atoms with van der Waals surface area (Å²) in [6.45, 7) is 4.70. The van der Waals surface area contributed by atoms with Gasteiger partial charge in [-0.2, -0.15) is 0 Å². The highest BCUT2D eigenvalue weighted by Gasteiger charge is 2.08. The van der Waals surface area contributed by atoms with Crippen LogP contribution in [0.5, 0.6) is 0 Å². The zero-order chi connectivity index (χ0) is 12.3. The predicted octanol–water partition coefficient (Wildman–Crippen LogP) is 1.41. The minimum atomic E-state index is -0.0432. The van der Waals surface area contributed by atoms with E-state index in [0.717, 1.165) is 6.42 Å². The molecule has 0 aliphatic carbocycles. The number of carbonyl (C=O) groups is 1. The van der Waals surface area contributed by atoms with Gasteiger partial charge in [0.2, 0.25) is 5.91 Å². The van der Waals surface area contributed by atoms with Crippen molar-refractivity contribution in [2.24, 2.45) is 0 Å². The lowest BCUT2D eigenvalue weighted by molar-refractivity contribution is -0.125. The standard InChI is InChI=1S/C13H26N2O2/c1-14-13(16)12-17-11-7-3-6-10-15-8-4-2-5-9-15/h2-12H2,1H3,(H,14,16). The Morgan fingerprint density at radius 2 is 1.94 bits per heavy atom. The highest BCUT2D eigenvalue weighted by Crippen LogP contribution is 2.09. The van der Waals surface area contributed by atoms with E-state index >= 15 is 0 Å². The topological polar surface area (TPSA) is 41.6 Å². The third kappa shape index (κ3) is 7.34. The summed E-state index contributed by atoms with van der Waals surface area (Å²) in [6, 6.07) is 0. The lowest BCUT2D eigenvalue weighted by Gasteiger charge is -2.26. The third-order valence-corrected chi connectivity index (χ3v) is 3.22. The second-order valence-corrected chi connectivity index (χ2v) is 4.69. The molecular formula is C13H26N2O2. The number of nitrogens with zero attached hydrogens (tertiary/aromatic N) is 1. The normalized spacial score (nSPS) is 17.0. The van der Waals surface area contributed by atoms with Crippen LogP contribution in [-0.2, 0) is 9.53 Å². The first kappa shape index (κ1) is 14.5. The van der Waals surface area contributed by atoms with Gasteiger partial charge in [-0.15, -0.1) is 0 Å². The first-order valence-electron chi connectivity index (χ1n) is 6.83. The number of likely N-dealkylation sites (N-methyl/N-ethyl adjacent to an activating group) is 1. The molecule has 0 bridgehead atoms. The number of piperidine rings is 1. The highest BCUT2D eigenvalue weighted by molar-refractivity contribution is 5.76. The zero-order valence-corrected chi connectivity index (χ0v) is 11.0. The minimum absolute atomic E-state index is 0.0432. The van der Waals surface area contributed by atoms with Crippen LogP contribution in [0.4, 0.5) is 0 Å². The Balaban J connectivity index is 1.82. The fourth-order valence-corrected chi connectivity index (χ4v) is 2.14. The van der Waals surface area contributed by atoms with Gasteiger partial charge in [0.05, 0.1) is 0 Å². The van der Waals surface area contributed by atoms with E-state index in [1.807, 2.05) is 0 Å². The first-order chi connectivity index (χ1) is 8.33. The number of ether oxygens (including phenoxy) is 1. The Kier molecular flexibility index (Phi) is 8.01. The Morgan fingerprint density at radius 3 is 2.65 bits per heavy atom. The summed E-state index contributed by atoms with van der Waals surface area (Å²) in [7, 11) is 1.63. The van der Waals surface area contributed by atoms with E-state index in [-0.39, 0.29) is 12.5 Å². The van der Waals surface area contributed by atoms with Crippen molar-refractivity contribution in [3.8, 4) is 0 Å². The Bertz CT molecular complexity index is 204. The van der Waals surface area contributed by atoms with Crippen LogP contribution in [0.25, 0.3) is 0 Å². The number of nitrogens with one attached hydrogen (secondary N) is 1. The van der Waals surface area contributed by atoms with Crippen molar-refractivity contribution in [2.75, 3.05) is 39.9 Å². The van der Waals surface area contributed by atoms with E-state index in [2.05, 4.69) is 10.2 Å². The van der Waals surface area contributed by atoms with Crippen LogP contribution in [0.1, 0.15) is 38.5 Å². The van der Waals surface area contributed by atoms with Gasteiger partial charge in [-0.05, 0) is 51.7 Å². The summed E-state index contributed by atoms with van der Waals surface area (Å²) < 4.78 is 5.25. The summed E-state index contributed by atoms with van der Waals surface area (Å²) in [6.07, 6.45) is 7.66. The van der Waals surface area contributed by atoms with Gasteiger partial charge in [0, 0.05) is 13.7 Å². The molecule has 100 valence electrons. The van der Waals surface area contributed by atoms with Crippen molar-refractivity contribution in [3.63, 3.8) is 0 Å². The molecule has 0 radical (unpaired) electrons. The van der Waals surface area contributed by atoms with Gasteiger partial charge in [-0.3, -0.25) is 4.79 Å². The smallest absolute Gasteiger partial charge is 0.245 e. The van der Waals surface area contributed by atoms with E-state index in [1.165, 1.54) is 51.7 Å². The van der Waals surface area contributed by atoms with Crippen LogP contribution in [0.3, 0.4) is 0 Å². The molecule has 4 nitrogen and oxygen atoms in total. The number of rotatable bonds is 8. The average Bonchev–Trinajstić information content (AvgIpc) is 2.38. The Hall–Kier alpha value is -0.610. The lowest BCUT2D eigenvalue weighted by Crippen LogP contribution is -2.30. The second kappa shape index (κ2) is 9.42. The number of carbonyl (C=O) groups excluding carboxylic acids is 1. The maximum Gasteiger partial charge on any atom is 0.245 e. The van der Waals surface area contributed by atoms with Crippen LogP contribution >= 0.6 is 0 Å². The Labute approximate surface area is 105 Å². The molecule has 0 saturated carbocycles. The van der Waals surface area contributed by atoms with Crippen LogP contribution in [0.2, 0.25) is 0 Å². The summed E-state index contributed by atoms with van der Waals surface area (Å²) >= 11 is 0. The van der Waals surface area contributed by atoms with Gasteiger partial charge in [-0.25, -0.2) is 0 Å². The molecule has 1 rings (SSSR count). The molecule has 1 aliphatic rings. The van der Waals surface area contributed by atoms with Crippen molar-refractivity contribution in [3.05, 3.63) is 0 Å². The zero-order valence-electron chi connectivity index (χ0n) is 11.0. The van der Waals surface area contributed by atoms with Crippen molar-refractivity contribution < 1.29 is 9.53 Å². The van der Waals surface area contributed by atoms with E-state index < -0.39 is 0 Å². The van der Waals surface area contributed by atoms with Crippen molar-refractivity contribution >= 4 is 5.91 Å². The van der Waals surface area contributed by atoms with Gasteiger partial charge >= 0.3 is 0 Å². The molecule has 1 heterocycles. The largest absolute Gasteiger partial charge is 0.372 e. The summed E-state index contributed by atoms with van der Waals surface area (Å²) in [5.41, 5.74) is 0. The van der Waals surface area contributed by atoms with E-state index in [1.54, 1.807) is 7.05 Å². The molecule has 0 unspecified atom stereocenters. The summed E-state index contributed by atoms with van der Waals surface area (Å²) in [5, 5.41) is 2.54. The number of hydrogen-bond donors (Lipinski definition) is 1. The van der Waals surface area contributed by atoms with E-state index in [0.29, 0.717) is 6.61 Å².